The van der Waals surface area contributed by atoms with Crippen molar-refractivity contribution in [3.8, 4) is 0 Å². The Morgan fingerprint density at radius 3 is 2.00 bits per heavy atom. The summed E-state index contributed by atoms with van der Waals surface area (Å²) < 4.78 is 0. The van der Waals surface area contributed by atoms with E-state index in [-0.39, 0.29) is 11.8 Å². The smallest absolute Gasteiger partial charge is 0.261 e. The minimum Gasteiger partial charge on any atom is -0.274 e. The van der Waals surface area contributed by atoms with Crippen molar-refractivity contribution in [2.75, 3.05) is 6.54 Å². The quantitative estimate of drug-likeness (QED) is 0.435. The van der Waals surface area contributed by atoms with Crippen molar-refractivity contribution in [1.29, 1.82) is 0 Å². The zero-order chi connectivity index (χ0) is 13.0. The fraction of sp³-hybridized carbons (Fsp3) is 0.429. The molecule has 2 amide bonds. The summed E-state index contributed by atoms with van der Waals surface area (Å²) in [5.74, 6) is -0.316. The van der Waals surface area contributed by atoms with E-state index >= 15 is 0 Å². The van der Waals surface area contributed by atoms with Gasteiger partial charge in [0, 0.05) is 6.54 Å². The van der Waals surface area contributed by atoms with E-state index in [1.165, 1.54) is 4.90 Å². The lowest BCUT2D eigenvalue weighted by Gasteiger charge is -2.13. The predicted molar refractivity (Wildman–Crippen MR) is 70.8 cm³/mol. The van der Waals surface area contributed by atoms with Gasteiger partial charge in [0.25, 0.3) is 11.8 Å². The molecule has 0 spiro atoms. The summed E-state index contributed by atoms with van der Waals surface area (Å²) in [5.41, 5.74) is 1.06. The van der Waals surface area contributed by atoms with Crippen molar-refractivity contribution in [2.45, 2.75) is 32.0 Å². The fourth-order valence-corrected chi connectivity index (χ4v) is 2.21. The lowest BCUT2D eigenvalue weighted by molar-refractivity contribution is 0.0651. The summed E-state index contributed by atoms with van der Waals surface area (Å²) >= 11 is 0. The van der Waals surface area contributed by atoms with E-state index in [1.54, 1.807) is 24.3 Å². The highest BCUT2D eigenvalue weighted by molar-refractivity contribution is 6.21. The third-order valence-corrected chi connectivity index (χ3v) is 3.21. The Labute approximate surface area is 109 Å². The second-order valence-corrected chi connectivity index (χ2v) is 4.51. The number of carbonyl (C=O) groups excluding carboxylic acids is 2. The fourth-order valence-electron chi connectivity index (χ4n) is 2.21. The number of unbranched alkanes of at least 4 members (excludes halogenated alkanes) is 3. The first-order valence-electron chi connectivity index (χ1n) is 6.41. The minimum atomic E-state index is -0.158. The molecule has 0 N–H and O–H groups in total. The van der Waals surface area contributed by atoms with Gasteiger partial charge in [-0.25, -0.2) is 0 Å². The summed E-state index contributed by atoms with van der Waals surface area (Å²) in [4.78, 5) is 25.4. The van der Waals surface area contributed by atoms with Crippen LogP contribution in [0.4, 0.5) is 0 Å². The first kappa shape index (κ1) is 12.9. The molecule has 0 unspecified atom stereocenters. The van der Waals surface area contributed by atoms with E-state index in [2.05, 4.69) is 0 Å². The molecule has 4 heteroatoms. The number of nitrogens with zero attached hydrogens (tertiary/aromatic N) is 1. The highest BCUT2D eigenvalue weighted by Gasteiger charge is 2.34. The lowest BCUT2D eigenvalue weighted by atomic mass is 9.99. The van der Waals surface area contributed by atoms with E-state index in [0.29, 0.717) is 24.0 Å². The molecule has 0 aliphatic carbocycles. The van der Waals surface area contributed by atoms with E-state index < -0.39 is 0 Å². The molecule has 0 saturated heterocycles. The Kier molecular flexibility index (Phi) is 4.18. The molecule has 0 saturated carbocycles. The van der Waals surface area contributed by atoms with Gasteiger partial charge in [0.2, 0.25) is 0 Å². The van der Waals surface area contributed by atoms with Crippen LogP contribution in [0.5, 0.6) is 0 Å². The third kappa shape index (κ3) is 2.47. The predicted octanol–water partition coefficient (Wildman–Crippen LogP) is 2.43. The van der Waals surface area contributed by atoms with E-state index in [1.807, 2.05) is 0 Å². The standard InChI is InChI=1S/C14H16BNO2/c15-9-5-1-2-6-10-16-13(17)11-7-3-4-8-12(11)14(16)18/h3-4,7-8H,1-2,5-6,9-10H2. The molecule has 1 aliphatic heterocycles. The van der Waals surface area contributed by atoms with Gasteiger partial charge in [0.1, 0.15) is 0 Å². The summed E-state index contributed by atoms with van der Waals surface area (Å²) in [6.07, 6.45) is 4.62. The molecule has 0 atom stereocenters. The number of fused-ring (bicyclic) bond motifs is 1. The van der Waals surface area contributed by atoms with Gasteiger partial charge in [0.05, 0.1) is 19.0 Å². The minimum absolute atomic E-state index is 0.158. The Balaban J connectivity index is 1.93. The van der Waals surface area contributed by atoms with E-state index in [9.17, 15) is 9.59 Å². The number of rotatable bonds is 6. The zero-order valence-corrected chi connectivity index (χ0v) is 10.4. The Hall–Kier alpha value is -1.58. The number of carbonyl (C=O) groups is 2. The van der Waals surface area contributed by atoms with Crippen molar-refractivity contribution in [3.05, 3.63) is 35.4 Å². The third-order valence-electron chi connectivity index (χ3n) is 3.21. The highest BCUT2D eigenvalue weighted by atomic mass is 16.2. The van der Waals surface area contributed by atoms with Crippen LogP contribution in [0.25, 0.3) is 0 Å². The number of hydrogen-bond acceptors (Lipinski definition) is 2. The van der Waals surface area contributed by atoms with Gasteiger partial charge in [-0.1, -0.05) is 37.7 Å². The zero-order valence-electron chi connectivity index (χ0n) is 10.4. The van der Waals surface area contributed by atoms with Crippen molar-refractivity contribution in [3.63, 3.8) is 0 Å². The Morgan fingerprint density at radius 1 is 0.889 bits per heavy atom. The lowest BCUT2D eigenvalue weighted by Crippen LogP contribution is -2.30. The van der Waals surface area contributed by atoms with Gasteiger partial charge in [-0.2, -0.15) is 0 Å². The van der Waals surface area contributed by atoms with Crippen LogP contribution in [0.2, 0.25) is 6.32 Å². The van der Waals surface area contributed by atoms with Crippen LogP contribution >= 0.6 is 0 Å². The number of hydrogen-bond donors (Lipinski definition) is 0. The molecule has 2 radical (unpaired) electrons. The molecule has 1 aromatic rings. The molecule has 1 aliphatic rings. The van der Waals surface area contributed by atoms with Gasteiger partial charge >= 0.3 is 0 Å². The molecule has 92 valence electrons. The van der Waals surface area contributed by atoms with E-state index in [4.69, 9.17) is 7.85 Å². The van der Waals surface area contributed by atoms with Gasteiger partial charge in [-0.05, 0) is 18.6 Å². The van der Waals surface area contributed by atoms with Gasteiger partial charge in [-0.3, -0.25) is 14.5 Å². The van der Waals surface area contributed by atoms with Crippen molar-refractivity contribution in [1.82, 2.24) is 4.90 Å². The molecular formula is C14H16BNO2. The van der Waals surface area contributed by atoms with Crippen molar-refractivity contribution in [2.24, 2.45) is 0 Å². The van der Waals surface area contributed by atoms with Crippen LogP contribution in [0.3, 0.4) is 0 Å². The van der Waals surface area contributed by atoms with E-state index in [0.717, 1.165) is 25.7 Å². The molecule has 2 rings (SSSR count). The molecular weight excluding hydrogens is 225 g/mol. The first-order valence-corrected chi connectivity index (χ1v) is 6.41. The topological polar surface area (TPSA) is 37.4 Å². The number of amides is 2. The highest BCUT2D eigenvalue weighted by Crippen LogP contribution is 2.22. The average molecular weight is 241 g/mol. The molecule has 3 nitrogen and oxygen atoms in total. The van der Waals surface area contributed by atoms with Gasteiger partial charge in [0.15, 0.2) is 0 Å². The maximum Gasteiger partial charge on any atom is 0.261 e. The second kappa shape index (κ2) is 5.85. The van der Waals surface area contributed by atoms with Crippen LogP contribution in [0.15, 0.2) is 24.3 Å². The van der Waals surface area contributed by atoms with Crippen LogP contribution < -0.4 is 0 Å². The maximum atomic E-state index is 12.0. The Bertz CT molecular complexity index is 424. The summed E-state index contributed by atoms with van der Waals surface area (Å²) in [7, 11) is 5.42. The van der Waals surface area contributed by atoms with Crippen molar-refractivity contribution < 1.29 is 9.59 Å². The molecule has 0 aromatic heterocycles. The molecule has 18 heavy (non-hydrogen) atoms. The molecule has 1 heterocycles. The largest absolute Gasteiger partial charge is 0.274 e. The van der Waals surface area contributed by atoms with Gasteiger partial charge in [-0.15, -0.1) is 0 Å². The molecule has 0 fully saturated rings. The summed E-state index contributed by atoms with van der Waals surface area (Å²) in [6, 6.07) is 7.00. The number of imide groups is 1. The van der Waals surface area contributed by atoms with Crippen LogP contribution in [0, 0.1) is 0 Å². The summed E-state index contributed by atoms with van der Waals surface area (Å²) in [6.45, 7) is 0.511. The number of benzene rings is 1. The molecule has 0 bridgehead atoms. The SMILES string of the molecule is [B]CCCCCCN1C(=O)c2ccccc2C1=O. The second-order valence-electron chi connectivity index (χ2n) is 4.51. The van der Waals surface area contributed by atoms with Crippen LogP contribution in [-0.2, 0) is 0 Å². The normalized spacial score (nSPS) is 14.1. The monoisotopic (exact) mass is 241 g/mol. The first-order chi connectivity index (χ1) is 8.75. The molecule has 1 aromatic carbocycles. The van der Waals surface area contributed by atoms with Crippen LogP contribution in [-0.4, -0.2) is 31.1 Å². The maximum absolute atomic E-state index is 12.0. The van der Waals surface area contributed by atoms with Gasteiger partial charge < -0.3 is 0 Å². The van der Waals surface area contributed by atoms with Crippen LogP contribution in [0.1, 0.15) is 46.4 Å². The Morgan fingerprint density at radius 2 is 1.44 bits per heavy atom. The average Bonchev–Trinajstić information content (AvgIpc) is 2.64. The summed E-state index contributed by atoms with van der Waals surface area (Å²) in [5, 5.41) is 0. The van der Waals surface area contributed by atoms with Crippen molar-refractivity contribution >= 4 is 19.7 Å².